The lowest BCUT2D eigenvalue weighted by molar-refractivity contribution is -0.149. The number of fused-ring (bicyclic) bond motifs is 3. The second-order valence-corrected chi connectivity index (χ2v) is 15.1. The summed E-state index contributed by atoms with van der Waals surface area (Å²) in [5, 5.41) is 12.6. The van der Waals surface area contributed by atoms with E-state index in [4.69, 9.17) is 21.6 Å². The first kappa shape index (κ1) is 35.4. The van der Waals surface area contributed by atoms with Crippen LogP contribution < -0.4 is 10.1 Å². The van der Waals surface area contributed by atoms with Crippen LogP contribution in [0.2, 0.25) is 5.02 Å². The number of carbonyl (C=O) groups excluding carboxylic acids is 6. The van der Waals surface area contributed by atoms with Gasteiger partial charge in [-0.2, -0.15) is 5.26 Å². The van der Waals surface area contributed by atoms with Gasteiger partial charge in [-0.25, -0.2) is 0 Å². The number of amides is 6. The molecular weight excluding hydrogens is 712 g/mol. The largest absolute Gasteiger partial charge is 0.490 e. The lowest BCUT2D eigenvalue weighted by Gasteiger charge is -2.32. The molecule has 0 radical (unpaired) electrons. The van der Waals surface area contributed by atoms with Gasteiger partial charge in [0.05, 0.1) is 34.4 Å². The first-order valence-electron chi connectivity index (χ1n) is 18.1. The van der Waals surface area contributed by atoms with E-state index in [0.29, 0.717) is 48.1 Å². The van der Waals surface area contributed by atoms with Gasteiger partial charge >= 0.3 is 0 Å². The standard InChI is InChI=1S/C40H37ClN6O7/c1-44-35(48)11-10-34(40(44)53)47-38(51)31-13-26-17-45(18-27(26)14-32(31)39(47)52)21-36(49)46-19-24-3-2-22(12-25(24)20-46)37(50)43-28-5-8-29(9-6-28)54-30-7-4-23(16-42)33(41)15-30/h2-4,7,12-15,28-29,34H,5-6,8-11,17-21H2,1H3,(H,43,50). The zero-order valence-corrected chi connectivity index (χ0v) is 30.4. The Labute approximate surface area is 316 Å². The molecule has 3 aromatic rings. The summed E-state index contributed by atoms with van der Waals surface area (Å²) in [6, 6.07) is 15.1. The van der Waals surface area contributed by atoms with Crippen molar-refractivity contribution in [2.24, 2.45) is 0 Å². The molecule has 6 amide bonds. The highest BCUT2D eigenvalue weighted by Crippen LogP contribution is 2.35. The summed E-state index contributed by atoms with van der Waals surface area (Å²) in [5.41, 5.74) is 5.06. The number of nitrogens with one attached hydrogen (secondary N) is 1. The fourth-order valence-corrected chi connectivity index (χ4v) is 8.42. The Morgan fingerprint density at radius 1 is 0.852 bits per heavy atom. The molecule has 54 heavy (non-hydrogen) atoms. The molecule has 0 bridgehead atoms. The smallest absolute Gasteiger partial charge is 0.262 e. The van der Waals surface area contributed by atoms with Crippen molar-refractivity contribution in [1.82, 2.24) is 24.9 Å². The van der Waals surface area contributed by atoms with Gasteiger partial charge in [-0.05, 0) is 90.8 Å². The Morgan fingerprint density at radius 2 is 1.52 bits per heavy atom. The van der Waals surface area contributed by atoms with Gasteiger partial charge in [0.1, 0.15) is 17.9 Å². The Balaban J connectivity index is 0.827. The minimum Gasteiger partial charge on any atom is -0.490 e. The predicted molar refractivity (Wildman–Crippen MR) is 193 cm³/mol. The third kappa shape index (κ3) is 6.50. The van der Waals surface area contributed by atoms with Crippen LogP contribution in [0.4, 0.5) is 0 Å². The van der Waals surface area contributed by atoms with Crippen molar-refractivity contribution >= 4 is 47.0 Å². The molecule has 1 saturated carbocycles. The van der Waals surface area contributed by atoms with Gasteiger partial charge in [-0.1, -0.05) is 17.7 Å². The van der Waals surface area contributed by atoms with Gasteiger partial charge < -0.3 is 15.0 Å². The number of carbonyl (C=O) groups is 6. The normalized spacial score (nSPS) is 22.2. The highest BCUT2D eigenvalue weighted by atomic mass is 35.5. The number of hydrogen-bond acceptors (Lipinski definition) is 9. The summed E-state index contributed by atoms with van der Waals surface area (Å²) in [6.07, 6.45) is 3.26. The molecule has 0 aromatic heterocycles. The maximum absolute atomic E-state index is 13.5. The lowest BCUT2D eigenvalue weighted by atomic mass is 9.92. The highest BCUT2D eigenvalue weighted by molar-refractivity contribution is 6.31. The van der Waals surface area contributed by atoms with E-state index in [9.17, 15) is 28.8 Å². The molecule has 4 heterocycles. The fraction of sp³-hybridized carbons (Fsp3) is 0.375. The summed E-state index contributed by atoms with van der Waals surface area (Å²) in [6.45, 7) is 1.85. The number of imide groups is 2. The minimum atomic E-state index is -1.01. The number of ether oxygens (including phenoxy) is 1. The van der Waals surface area contributed by atoms with Gasteiger partial charge in [0.25, 0.3) is 23.6 Å². The molecule has 1 aliphatic carbocycles. The van der Waals surface area contributed by atoms with Gasteiger partial charge in [0, 0.05) is 57.3 Å². The quantitative estimate of drug-likeness (QED) is 0.353. The number of hydrogen-bond donors (Lipinski definition) is 1. The van der Waals surface area contributed by atoms with E-state index < -0.39 is 23.8 Å². The maximum atomic E-state index is 13.5. The molecule has 1 unspecified atom stereocenters. The number of halogens is 1. The molecule has 14 heteroatoms. The van der Waals surface area contributed by atoms with Crippen LogP contribution in [0.1, 0.15) is 97.4 Å². The fourth-order valence-electron chi connectivity index (χ4n) is 8.21. The van der Waals surface area contributed by atoms with Crippen molar-refractivity contribution in [2.75, 3.05) is 13.6 Å². The van der Waals surface area contributed by atoms with E-state index in [1.165, 1.54) is 7.05 Å². The SMILES string of the molecule is CN1C(=O)CCC(N2C(=O)c3cc4c(cc3C2=O)CN(CC(=O)N2Cc3ccc(C(=O)NC5CCC(Oc6ccc(C#N)c(Cl)c6)CC5)cc3C2)C4)C1=O. The van der Waals surface area contributed by atoms with Crippen molar-refractivity contribution in [2.45, 2.75) is 82.9 Å². The van der Waals surface area contributed by atoms with E-state index in [1.54, 1.807) is 41.3 Å². The summed E-state index contributed by atoms with van der Waals surface area (Å²) in [5.74, 6) is -1.57. The molecule has 1 saturated heterocycles. The molecule has 13 nitrogen and oxygen atoms in total. The average Bonchev–Trinajstić information content (AvgIpc) is 3.84. The maximum Gasteiger partial charge on any atom is 0.262 e. The zero-order chi connectivity index (χ0) is 37.8. The number of likely N-dealkylation sites (tertiary alicyclic amines) is 1. The summed E-state index contributed by atoms with van der Waals surface area (Å²) < 4.78 is 6.08. The van der Waals surface area contributed by atoms with Crippen LogP contribution in [0.5, 0.6) is 5.75 Å². The van der Waals surface area contributed by atoms with E-state index in [0.717, 1.165) is 57.7 Å². The van der Waals surface area contributed by atoms with E-state index in [1.807, 2.05) is 23.1 Å². The summed E-state index contributed by atoms with van der Waals surface area (Å²) in [7, 11) is 1.36. The lowest BCUT2D eigenvalue weighted by Crippen LogP contribution is -2.54. The summed E-state index contributed by atoms with van der Waals surface area (Å²) in [4.78, 5) is 83.9. The Kier molecular flexibility index (Phi) is 9.19. The predicted octanol–water partition coefficient (Wildman–Crippen LogP) is 3.93. The molecular formula is C40H37ClN6O7. The Morgan fingerprint density at radius 3 is 2.19 bits per heavy atom. The number of rotatable bonds is 7. The third-order valence-electron chi connectivity index (χ3n) is 11.2. The highest BCUT2D eigenvalue weighted by Gasteiger charge is 2.47. The van der Waals surface area contributed by atoms with Crippen molar-refractivity contribution in [3.05, 3.63) is 98.1 Å². The Hall–Kier alpha value is -5.58. The first-order chi connectivity index (χ1) is 26.0. The van der Waals surface area contributed by atoms with E-state index in [-0.39, 0.29) is 60.4 Å². The molecule has 3 aromatic carbocycles. The van der Waals surface area contributed by atoms with Crippen LogP contribution in [-0.4, -0.2) is 86.8 Å². The van der Waals surface area contributed by atoms with Crippen molar-refractivity contribution in [3.8, 4) is 11.8 Å². The number of benzene rings is 3. The molecule has 4 aliphatic heterocycles. The Bertz CT molecular complexity index is 2150. The summed E-state index contributed by atoms with van der Waals surface area (Å²) >= 11 is 6.14. The molecule has 1 N–H and O–H groups in total. The molecule has 276 valence electrons. The van der Waals surface area contributed by atoms with Crippen LogP contribution in [0.15, 0.2) is 48.5 Å². The molecule has 8 rings (SSSR count). The van der Waals surface area contributed by atoms with Crippen LogP contribution in [0.25, 0.3) is 0 Å². The van der Waals surface area contributed by atoms with Crippen molar-refractivity contribution in [3.63, 3.8) is 0 Å². The van der Waals surface area contributed by atoms with E-state index in [2.05, 4.69) is 5.32 Å². The average molecular weight is 749 g/mol. The number of nitriles is 1. The van der Waals surface area contributed by atoms with Crippen molar-refractivity contribution in [1.29, 1.82) is 5.26 Å². The van der Waals surface area contributed by atoms with Gasteiger partial charge in [0.2, 0.25) is 11.8 Å². The van der Waals surface area contributed by atoms with Crippen LogP contribution >= 0.6 is 11.6 Å². The molecule has 0 spiro atoms. The van der Waals surface area contributed by atoms with Gasteiger partial charge in [0.15, 0.2) is 0 Å². The minimum absolute atomic E-state index is 0.00262. The number of likely N-dealkylation sites (N-methyl/N-ethyl adjacent to an activating group) is 1. The van der Waals surface area contributed by atoms with Gasteiger partial charge in [-0.3, -0.25) is 43.5 Å². The second-order valence-electron chi connectivity index (χ2n) is 14.7. The van der Waals surface area contributed by atoms with Crippen LogP contribution in [0.3, 0.4) is 0 Å². The molecule has 5 aliphatic rings. The monoisotopic (exact) mass is 748 g/mol. The van der Waals surface area contributed by atoms with Crippen LogP contribution in [0, 0.1) is 11.3 Å². The zero-order valence-electron chi connectivity index (χ0n) is 29.6. The molecule has 1 atom stereocenters. The number of nitrogens with zero attached hydrogens (tertiary/aromatic N) is 5. The van der Waals surface area contributed by atoms with Crippen LogP contribution in [-0.2, 0) is 40.6 Å². The topological polar surface area (TPSA) is 160 Å². The van der Waals surface area contributed by atoms with E-state index >= 15 is 0 Å². The third-order valence-corrected chi connectivity index (χ3v) is 11.5. The number of piperidine rings is 1. The molecule has 2 fully saturated rings. The first-order valence-corrected chi connectivity index (χ1v) is 18.5. The second kappa shape index (κ2) is 14.0. The van der Waals surface area contributed by atoms with Crippen molar-refractivity contribution < 1.29 is 33.5 Å². The van der Waals surface area contributed by atoms with Gasteiger partial charge in [-0.15, -0.1) is 0 Å².